The molecule has 0 aromatic heterocycles. The summed E-state index contributed by atoms with van der Waals surface area (Å²) in [5, 5.41) is 3.31. The van der Waals surface area contributed by atoms with Crippen molar-refractivity contribution in [3.05, 3.63) is 58.1 Å². The standard InChI is InChI=1S/C19H21Cl2N3O3S/c1-14-2-5-16(6-3-14)22-19(25)13-23-8-10-24(11-9-23)28(26,27)18-12-15(20)4-7-17(18)21/h2-7,12H,8-11,13H2,1H3,(H,22,25). The maximum absolute atomic E-state index is 12.8. The molecule has 28 heavy (non-hydrogen) atoms. The van der Waals surface area contributed by atoms with Crippen LogP contribution in [0.15, 0.2) is 47.4 Å². The summed E-state index contributed by atoms with van der Waals surface area (Å²) < 4.78 is 27.1. The van der Waals surface area contributed by atoms with Crippen LogP contribution < -0.4 is 5.32 Å². The molecule has 0 unspecified atom stereocenters. The van der Waals surface area contributed by atoms with Crippen LogP contribution in [0.5, 0.6) is 0 Å². The fraction of sp³-hybridized carbons (Fsp3) is 0.316. The van der Waals surface area contributed by atoms with Crippen molar-refractivity contribution in [2.75, 3.05) is 38.0 Å². The molecule has 1 amide bonds. The number of aryl methyl sites for hydroxylation is 1. The van der Waals surface area contributed by atoms with Crippen LogP contribution in [0, 0.1) is 6.92 Å². The number of nitrogens with one attached hydrogen (secondary N) is 1. The number of amides is 1. The Labute approximate surface area is 175 Å². The van der Waals surface area contributed by atoms with Gasteiger partial charge in [-0.05, 0) is 37.3 Å². The molecule has 6 nitrogen and oxygen atoms in total. The number of halogens is 2. The zero-order valence-electron chi connectivity index (χ0n) is 15.4. The molecule has 150 valence electrons. The zero-order chi connectivity index (χ0) is 20.3. The van der Waals surface area contributed by atoms with Gasteiger partial charge in [-0.15, -0.1) is 0 Å². The highest BCUT2D eigenvalue weighted by Crippen LogP contribution is 2.28. The van der Waals surface area contributed by atoms with Gasteiger partial charge < -0.3 is 5.32 Å². The van der Waals surface area contributed by atoms with E-state index in [4.69, 9.17) is 23.2 Å². The summed E-state index contributed by atoms with van der Waals surface area (Å²) in [5.41, 5.74) is 1.86. The first-order valence-corrected chi connectivity index (χ1v) is 11.0. The Morgan fingerprint density at radius 2 is 1.68 bits per heavy atom. The molecule has 1 N–H and O–H groups in total. The highest BCUT2D eigenvalue weighted by atomic mass is 35.5. The number of hydrogen-bond donors (Lipinski definition) is 1. The van der Waals surface area contributed by atoms with E-state index in [9.17, 15) is 13.2 Å². The summed E-state index contributed by atoms with van der Waals surface area (Å²) in [6.07, 6.45) is 0. The van der Waals surface area contributed by atoms with Gasteiger partial charge in [-0.2, -0.15) is 4.31 Å². The molecule has 1 fully saturated rings. The molecule has 0 bridgehead atoms. The van der Waals surface area contributed by atoms with Crippen LogP contribution in [0.4, 0.5) is 5.69 Å². The average molecular weight is 442 g/mol. The van der Waals surface area contributed by atoms with E-state index < -0.39 is 10.0 Å². The number of piperazine rings is 1. The molecule has 2 aromatic carbocycles. The quantitative estimate of drug-likeness (QED) is 0.772. The molecule has 1 aliphatic heterocycles. The monoisotopic (exact) mass is 441 g/mol. The SMILES string of the molecule is Cc1ccc(NC(=O)CN2CCN(S(=O)(=O)c3cc(Cl)ccc3Cl)CC2)cc1. The van der Waals surface area contributed by atoms with Crippen LogP contribution in [0.2, 0.25) is 10.0 Å². The number of nitrogens with zero attached hydrogens (tertiary/aromatic N) is 2. The molecular weight excluding hydrogens is 421 g/mol. The van der Waals surface area contributed by atoms with Crippen LogP contribution in [-0.4, -0.2) is 56.3 Å². The Balaban J connectivity index is 1.57. The lowest BCUT2D eigenvalue weighted by molar-refractivity contribution is -0.117. The van der Waals surface area contributed by atoms with Gasteiger partial charge in [0.25, 0.3) is 0 Å². The van der Waals surface area contributed by atoms with Gasteiger partial charge in [-0.1, -0.05) is 40.9 Å². The summed E-state index contributed by atoms with van der Waals surface area (Å²) in [6, 6.07) is 12.0. The summed E-state index contributed by atoms with van der Waals surface area (Å²) in [4.78, 5) is 14.2. The lowest BCUT2D eigenvalue weighted by Gasteiger charge is -2.33. The second-order valence-corrected chi connectivity index (χ2v) is 9.42. The van der Waals surface area contributed by atoms with Gasteiger partial charge in [0.05, 0.1) is 11.6 Å². The number of carbonyl (C=O) groups is 1. The van der Waals surface area contributed by atoms with Crippen molar-refractivity contribution in [1.82, 2.24) is 9.21 Å². The van der Waals surface area contributed by atoms with Crippen molar-refractivity contribution < 1.29 is 13.2 Å². The molecule has 0 saturated carbocycles. The van der Waals surface area contributed by atoms with Gasteiger partial charge in [0.15, 0.2) is 0 Å². The average Bonchev–Trinajstić information content (AvgIpc) is 2.66. The lowest BCUT2D eigenvalue weighted by Crippen LogP contribution is -2.50. The van der Waals surface area contributed by atoms with Crippen LogP contribution >= 0.6 is 23.2 Å². The third kappa shape index (κ3) is 5.04. The molecule has 1 saturated heterocycles. The van der Waals surface area contributed by atoms with E-state index in [1.807, 2.05) is 36.1 Å². The van der Waals surface area contributed by atoms with Gasteiger partial charge in [0.2, 0.25) is 15.9 Å². The van der Waals surface area contributed by atoms with Gasteiger partial charge in [-0.3, -0.25) is 9.69 Å². The van der Waals surface area contributed by atoms with E-state index in [1.54, 1.807) is 6.07 Å². The predicted octanol–water partition coefficient (Wildman–Crippen LogP) is 3.25. The van der Waals surface area contributed by atoms with Gasteiger partial charge in [0, 0.05) is 36.9 Å². The second-order valence-electron chi connectivity index (χ2n) is 6.67. The molecule has 2 aromatic rings. The van der Waals surface area contributed by atoms with Crippen molar-refractivity contribution >= 4 is 44.8 Å². The number of hydrogen-bond acceptors (Lipinski definition) is 4. The smallest absolute Gasteiger partial charge is 0.244 e. The zero-order valence-corrected chi connectivity index (χ0v) is 17.7. The third-order valence-electron chi connectivity index (χ3n) is 4.54. The van der Waals surface area contributed by atoms with Gasteiger partial charge in [0.1, 0.15) is 4.90 Å². The molecule has 0 radical (unpaired) electrons. The van der Waals surface area contributed by atoms with Gasteiger partial charge in [-0.25, -0.2) is 8.42 Å². The Morgan fingerprint density at radius 3 is 2.32 bits per heavy atom. The molecule has 0 spiro atoms. The minimum absolute atomic E-state index is 0.00670. The first-order chi connectivity index (χ1) is 13.3. The van der Waals surface area contributed by atoms with E-state index in [-0.39, 0.29) is 35.5 Å². The maximum atomic E-state index is 12.8. The summed E-state index contributed by atoms with van der Waals surface area (Å²) in [7, 11) is -3.73. The Hall–Kier alpha value is -1.64. The molecule has 9 heteroatoms. The van der Waals surface area contributed by atoms with Crippen LogP contribution in [0.3, 0.4) is 0 Å². The summed E-state index contributed by atoms with van der Waals surface area (Å²) >= 11 is 12.0. The van der Waals surface area contributed by atoms with E-state index in [0.29, 0.717) is 18.1 Å². The fourth-order valence-corrected chi connectivity index (χ4v) is 5.14. The first-order valence-electron chi connectivity index (χ1n) is 8.80. The van der Waals surface area contributed by atoms with Crippen molar-refractivity contribution in [3.8, 4) is 0 Å². The largest absolute Gasteiger partial charge is 0.325 e. The highest BCUT2D eigenvalue weighted by molar-refractivity contribution is 7.89. The predicted molar refractivity (Wildman–Crippen MR) is 111 cm³/mol. The highest BCUT2D eigenvalue weighted by Gasteiger charge is 2.30. The van der Waals surface area contributed by atoms with Crippen LogP contribution in [0.25, 0.3) is 0 Å². The number of rotatable bonds is 5. The van der Waals surface area contributed by atoms with Crippen LogP contribution in [-0.2, 0) is 14.8 Å². The first kappa shape index (κ1) is 21.1. The number of carbonyl (C=O) groups excluding carboxylic acids is 1. The molecular formula is C19H21Cl2N3O3S. The molecule has 1 heterocycles. The Morgan fingerprint density at radius 1 is 1.04 bits per heavy atom. The van der Waals surface area contributed by atoms with E-state index in [1.165, 1.54) is 16.4 Å². The molecule has 0 atom stereocenters. The summed E-state index contributed by atoms with van der Waals surface area (Å²) in [6.45, 7) is 3.67. The van der Waals surface area contributed by atoms with E-state index >= 15 is 0 Å². The number of anilines is 1. The second kappa shape index (κ2) is 8.80. The van der Waals surface area contributed by atoms with Crippen molar-refractivity contribution in [3.63, 3.8) is 0 Å². The van der Waals surface area contributed by atoms with Crippen molar-refractivity contribution in [1.29, 1.82) is 0 Å². The van der Waals surface area contributed by atoms with Crippen molar-refractivity contribution in [2.24, 2.45) is 0 Å². The lowest BCUT2D eigenvalue weighted by atomic mass is 10.2. The minimum Gasteiger partial charge on any atom is -0.325 e. The van der Waals surface area contributed by atoms with Gasteiger partial charge >= 0.3 is 0 Å². The maximum Gasteiger partial charge on any atom is 0.244 e. The Bertz CT molecular complexity index is 957. The number of sulfonamides is 1. The Kier molecular flexibility index (Phi) is 6.62. The minimum atomic E-state index is -3.73. The molecule has 0 aliphatic carbocycles. The normalized spacial score (nSPS) is 16.1. The van der Waals surface area contributed by atoms with Crippen LogP contribution in [0.1, 0.15) is 5.56 Å². The van der Waals surface area contributed by atoms with Crippen molar-refractivity contribution in [2.45, 2.75) is 11.8 Å². The fourth-order valence-electron chi connectivity index (χ4n) is 2.98. The summed E-state index contributed by atoms with van der Waals surface area (Å²) in [5.74, 6) is -0.127. The number of benzene rings is 2. The third-order valence-corrected chi connectivity index (χ3v) is 7.16. The molecule has 1 aliphatic rings. The van der Waals surface area contributed by atoms with E-state index in [0.717, 1.165) is 11.3 Å². The van der Waals surface area contributed by atoms with E-state index in [2.05, 4.69) is 5.32 Å². The topological polar surface area (TPSA) is 69.7 Å². The molecule has 3 rings (SSSR count).